The van der Waals surface area contributed by atoms with E-state index in [1.165, 1.54) is 6.92 Å². The fraction of sp³-hybridized carbons (Fsp3) is 0.688. The van der Waals surface area contributed by atoms with E-state index in [1.54, 1.807) is 13.8 Å². The highest BCUT2D eigenvalue weighted by molar-refractivity contribution is 6.07. The minimum atomic E-state index is -1.77. The van der Waals surface area contributed by atoms with Crippen LogP contribution in [0.1, 0.15) is 53.9 Å². The van der Waals surface area contributed by atoms with Crippen molar-refractivity contribution in [1.29, 1.82) is 0 Å². The molecule has 0 radical (unpaired) electrons. The molecule has 0 rings (SSSR count). The molecular formula is C16H27NO5. The number of ether oxygens (including phenoxy) is 2. The van der Waals surface area contributed by atoms with Crippen LogP contribution in [0.25, 0.3) is 0 Å². The first-order valence-electron chi connectivity index (χ1n) is 7.56. The topological polar surface area (TPSA) is 81.7 Å². The smallest absolute Gasteiger partial charge is 0.343 e. The zero-order chi connectivity index (χ0) is 17.2. The van der Waals surface area contributed by atoms with Crippen molar-refractivity contribution in [2.24, 2.45) is 0 Å². The molecule has 0 fully saturated rings. The maximum absolute atomic E-state index is 12.3. The summed E-state index contributed by atoms with van der Waals surface area (Å²) in [7, 11) is 0. The SMILES string of the molecule is CCOC(=O)C(CCCC=C(C)C)(NC(C)=O)C(=O)OCC. The first-order valence-corrected chi connectivity index (χ1v) is 7.56. The lowest BCUT2D eigenvalue weighted by Gasteiger charge is -2.29. The van der Waals surface area contributed by atoms with E-state index in [1.807, 2.05) is 19.9 Å². The molecule has 6 heteroatoms. The number of nitrogens with one attached hydrogen (secondary N) is 1. The van der Waals surface area contributed by atoms with Crippen LogP contribution in [-0.2, 0) is 23.9 Å². The van der Waals surface area contributed by atoms with Crippen molar-refractivity contribution in [2.75, 3.05) is 13.2 Å². The lowest BCUT2D eigenvalue weighted by atomic mass is 9.91. The van der Waals surface area contributed by atoms with Crippen molar-refractivity contribution in [3.8, 4) is 0 Å². The van der Waals surface area contributed by atoms with Crippen LogP contribution in [0.4, 0.5) is 0 Å². The van der Waals surface area contributed by atoms with E-state index in [0.29, 0.717) is 12.8 Å². The molecule has 0 aromatic rings. The lowest BCUT2D eigenvalue weighted by Crippen LogP contribution is -2.61. The highest BCUT2D eigenvalue weighted by atomic mass is 16.6. The molecule has 0 atom stereocenters. The number of unbranched alkanes of at least 4 members (excludes halogenated alkanes) is 1. The van der Waals surface area contributed by atoms with Crippen molar-refractivity contribution in [1.82, 2.24) is 5.32 Å². The van der Waals surface area contributed by atoms with Crippen LogP contribution in [0.15, 0.2) is 11.6 Å². The Morgan fingerprint density at radius 2 is 1.50 bits per heavy atom. The predicted octanol–water partition coefficient (Wildman–Crippen LogP) is 2.12. The molecule has 0 aromatic heterocycles. The molecular weight excluding hydrogens is 286 g/mol. The minimum Gasteiger partial charge on any atom is -0.464 e. The van der Waals surface area contributed by atoms with Gasteiger partial charge >= 0.3 is 11.9 Å². The van der Waals surface area contributed by atoms with Crippen molar-refractivity contribution in [2.45, 2.75) is 59.4 Å². The van der Waals surface area contributed by atoms with E-state index in [-0.39, 0.29) is 19.6 Å². The number of esters is 2. The van der Waals surface area contributed by atoms with E-state index >= 15 is 0 Å². The van der Waals surface area contributed by atoms with Gasteiger partial charge in [0.25, 0.3) is 0 Å². The van der Waals surface area contributed by atoms with Gasteiger partial charge in [0.05, 0.1) is 13.2 Å². The zero-order valence-corrected chi connectivity index (χ0v) is 14.2. The number of allylic oxidation sites excluding steroid dienone is 2. The molecule has 1 amide bonds. The third kappa shape index (κ3) is 6.28. The van der Waals surface area contributed by atoms with Gasteiger partial charge in [-0.3, -0.25) is 4.79 Å². The third-order valence-electron chi connectivity index (χ3n) is 2.95. The summed E-state index contributed by atoms with van der Waals surface area (Å²) >= 11 is 0. The molecule has 6 nitrogen and oxygen atoms in total. The Hall–Kier alpha value is -1.85. The number of hydrogen-bond donors (Lipinski definition) is 1. The standard InChI is InChI=1S/C16H27NO5/c1-6-21-14(19)16(17-13(5)18,15(20)22-7-2)11-9-8-10-12(3)4/h10H,6-9,11H2,1-5H3,(H,17,18). The predicted molar refractivity (Wildman–Crippen MR) is 83.1 cm³/mol. The summed E-state index contributed by atoms with van der Waals surface area (Å²) in [5, 5.41) is 2.44. The van der Waals surface area contributed by atoms with Gasteiger partial charge in [-0.1, -0.05) is 11.6 Å². The van der Waals surface area contributed by atoms with E-state index in [4.69, 9.17) is 9.47 Å². The van der Waals surface area contributed by atoms with Crippen LogP contribution in [0.3, 0.4) is 0 Å². The van der Waals surface area contributed by atoms with Gasteiger partial charge in [0.2, 0.25) is 11.4 Å². The Labute approximate surface area is 132 Å². The molecule has 1 N–H and O–H groups in total. The Balaban J connectivity index is 5.34. The molecule has 0 spiro atoms. The molecule has 0 saturated heterocycles. The lowest BCUT2D eigenvalue weighted by molar-refractivity contribution is -0.168. The quantitative estimate of drug-likeness (QED) is 0.305. The molecule has 0 aliphatic rings. The summed E-state index contributed by atoms with van der Waals surface area (Å²) in [5.41, 5.74) is -0.620. The van der Waals surface area contributed by atoms with Gasteiger partial charge in [0.1, 0.15) is 0 Å². The van der Waals surface area contributed by atoms with Gasteiger partial charge in [-0.25, -0.2) is 9.59 Å². The number of carbonyl (C=O) groups excluding carboxylic acids is 3. The molecule has 22 heavy (non-hydrogen) atoms. The molecule has 0 aromatic carbocycles. The average Bonchev–Trinajstić information content (AvgIpc) is 2.41. The molecule has 126 valence electrons. The fourth-order valence-electron chi connectivity index (χ4n) is 2.02. The van der Waals surface area contributed by atoms with Crippen LogP contribution >= 0.6 is 0 Å². The highest BCUT2D eigenvalue weighted by Crippen LogP contribution is 2.20. The van der Waals surface area contributed by atoms with E-state index in [2.05, 4.69) is 5.32 Å². The maximum atomic E-state index is 12.3. The number of carbonyl (C=O) groups is 3. The zero-order valence-electron chi connectivity index (χ0n) is 14.2. The first-order chi connectivity index (χ1) is 10.3. The Kier molecular flexibility index (Phi) is 9.13. The van der Waals surface area contributed by atoms with Crippen molar-refractivity contribution < 1.29 is 23.9 Å². The van der Waals surface area contributed by atoms with Crippen molar-refractivity contribution >= 4 is 17.8 Å². The fourth-order valence-corrected chi connectivity index (χ4v) is 2.02. The van der Waals surface area contributed by atoms with E-state index < -0.39 is 23.4 Å². The second-order valence-corrected chi connectivity index (χ2v) is 5.20. The van der Waals surface area contributed by atoms with E-state index in [0.717, 1.165) is 5.57 Å². The number of hydrogen-bond acceptors (Lipinski definition) is 5. The summed E-state index contributed by atoms with van der Waals surface area (Å²) in [6.45, 7) is 8.72. The van der Waals surface area contributed by atoms with Crippen LogP contribution in [0.5, 0.6) is 0 Å². The minimum absolute atomic E-state index is 0.119. The second-order valence-electron chi connectivity index (χ2n) is 5.20. The summed E-state index contributed by atoms with van der Waals surface area (Å²) in [6.07, 6.45) is 3.38. The molecule has 0 saturated carbocycles. The Morgan fingerprint density at radius 1 is 1.00 bits per heavy atom. The number of rotatable bonds is 9. The molecule has 0 aliphatic carbocycles. The third-order valence-corrected chi connectivity index (χ3v) is 2.95. The average molecular weight is 313 g/mol. The molecule has 0 unspecified atom stereocenters. The normalized spacial score (nSPS) is 10.6. The van der Waals surface area contributed by atoms with Crippen LogP contribution in [0, 0.1) is 0 Å². The van der Waals surface area contributed by atoms with Gasteiger partial charge in [0.15, 0.2) is 0 Å². The molecule has 0 aliphatic heterocycles. The molecule has 0 bridgehead atoms. The first kappa shape index (κ1) is 20.1. The monoisotopic (exact) mass is 313 g/mol. The van der Waals surface area contributed by atoms with Crippen LogP contribution in [0.2, 0.25) is 0 Å². The summed E-state index contributed by atoms with van der Waals surface area (Å²) in [6, 6.07) is 0. The Morgan fingerprint density at radius 3 is 1.86 bits per heavy atom. The second kappa shape index (κ2) is 9.97. The van der Waals surface area contributed by atoms with Crippen LogP contribution in [-0.4, -0.2) is 36.6 Å². The summed E-state index contributed by atoms with van der Waals surface area (Å²) in [4.78, 5) is 36.1. The van der Waals surface area contributed by atoms with Crippen molar-refractivity contribution in [3.63, 3.8) is 0 Å². The van der Waals surface area contributed by atoms with Gasteiger partial charge < -0.3 is 14.8 Å². The van der Waals surface area contributed by atoms with Gasteiger partial charge in [-0.15, -0.1) is 0 Å². The van der Waals surface area contributed by atoms with E-state index in [9.17, 15) is 14.4 Å². The number of amides is 1. The Bertz CT molecular complexity index is 406. The summed E-state index contributed by atoms with van der Waals surface area (Å²) < 4.78 is 9.97. The van der Waals surface area contributed by atoms with Gasteiger partial charge in [-0.05, 0) is 47.0 Å². The van der Waals surface area contributed by atoms with Gasteiger partial charge in [-0.2, -0.15) is 0 Å². The largest absolute Gasteiger partial charge is 0.464 e. The van der Waals surface area contributed by atoms with Crippen molar-refractivity contribution in [3.05, 3.63) is 11.6 Å². The van der Waals surface area contributed by atoms with Gasteiger partial charge in [0, 0.05) is 6.92 Å². The van der Waals surface area contributed by atoms with Crippen LogP contribution < -0.4 is 5.32 Å². The molecule has 0 heterocycles. The maximum Gasteiger partial charge on any atom is 0.343 e. The summed E-state index contributed by atoms with van der Waals surface area (Å²) in [5.74, 6) is -2.04. The highest BCUT2D eigenvalue weighted by Gasteiger charge is 2.49.